The van der Waals surface area contributed by atoms with Gasteiger partial charge in [-0.2, -0.15) is 0 Å². The number of hydrogen-bond donors (Lipinski definition) is 1. The number of hydrogen-bond acceptors (Lipinski definition) is 2. The molecule has 0 radical (unpaired) electrons. The second-order valence-electron chi connectivity index (χ2n) is 3.11. The summed E-state index contributed by atoms with van der Waals surface area (Å²) in [7, 11) is 0. The molecule has 15 heavy (non-hydrogen) atoms. The molecule has 0 aliphatic rings. The molecule has 0 aliphatic heterocycles. The molecule has 3 heteroatoms. The third kappa shape index (κ3) is 3.54. The molecule has 0 saturated carbocycles. The average Bonchev–Trinajstić information content (AvgIpc) is 2.25. The van der Waals surface area contributed by atoms with Crippen molar-refractivity contribution in [1.29, 1.82) is 0 Å². The molecule has 1 heterocycles. The van der Waals surface area contributed by atoms with Crippen molar-refractivity contribution in [2.45, 2.75) is 26.3 Å². The number of aromatic nitrogens is 1. The maximum absolute atomic E-state index is 6.08. The van der Waals surface area contributed by atoms with E-state index in [0.29, 0.717) is 5.02 Å². The monoisotopic (exact) mass is 222 g/mol. The molecule has 80 valence electrons. The van der Waals surface area contributed by atoms with Crippen molar-refractivity contribution in [1.82, 2.24) is 10.3 Å². The SMILES string of the molecule is CC#CCC(NCC)c1ncccc1Cl. The van der Waals surface area contributed by atoms with Crippen LogP contribution < -0.4 is 5.32 Å². The Morgan fingerprint density at radius 2 is 2.40 bits per heavy atom. The van der Waals surface area contributed by atoms with Gasteiger partial charge < -0.3 is 5.32 Å². The minimum Gasteiger partial charge on any atom is -0.308 e. The zero-order valence-electron chi connectivity index (χ0n) is 9.05. The van der Waals surface area contributed by atoms with Gasteiger partial charge in [-0.1, -0.05) is 18.5 Å². The molecule has 1 aromatic rings. The van der Waals surface area contributed by atoms with Gasteiger partial charge in [0.2, 0.25) is 0 Å². The molecule has 2 nitrogen and oxygen atoms in total. The van der Waals surface area contributed by atoms with E-state index in [2.05, 4.69) is 29.1 Å². The van der Waals surface area contributed by atoms with Crippen molar-refractivity contribution in [3.05, 3.63) is 29.0 Å². The fourth-order valence-electron chi connectivity index (χ4n) is 1.37. The molecule has 1 aromatic heterocycles. The molecule has 0 amide bonds. The van der Waals surface area contributed by atoms with E-state index in [1.165, 1.54) is 0 Å². The van der Waals surface area contributed by atoms with Crippen molar-refractivity contribution in [2.75, 3.05) is 6.54 Å². The van der Waals surface area contributed by atoms with Crippen molar-refractivity contribution >= 4 is 11.6 Å². The fraction of sp³-hybridized carbons (Fsp3) is 0.417. The quantitative estimate of drug-likeness (QED) is 0.793. The van der Waals surface area contributed by atoms with Gasteiger partial charge in [-0.25, -0.2) is 0 Å². The Balaban J connectivity index is 2.86. The first-order valence-electron chi connectivity index (χ1n) is 5.03. The summed E-state index contributed by atoms with van der Waals surface area (Å²) in [5.74, 6) is 5.93. The lowest BCUT2D eigenvalue weighted by molar-refractivity contribution is 0.551. The third-order valence-electron chi connectivity index (χ3n) is 2.05. The molecule has 0 aliphatic carbocycles. The normalized spacial score (nSPS) is 11.7. The molecular formula is C12H15ClN2. The van der Waals surface area contributed by atoms with E-state index in [1.54, 1.807) is 6.20 Å². The minimum absolute atomic E-state index is 0.121. The van der Waals surface area contributed by atoms with E-state index in [9.17, 15) is 0 Å². The summed E-state index contributed by atoms with van der Waals surface area (Å²) >= 11 is 6.08. The van der Waals surface area contributed by atoms with Crippen molar-refractivity contribution in [3.63, 3.8) is 0 Å². The summed E-state index contributed by atoms with van der Waals surface area (Å²) in [6, 6.07) is 3.81. The molecule has 1 rings (SSSR count). The van der Waals surface area contributed by atoms with Gasteiger partial charge >= 0.3 is 0 Å². The largest absolute Gasteiger partial charge is 0.308 e. The summed E-state index contributed by atoms with van der Waals surface area (Å²) in [4.78, 5) is 4.29. The lowest BCUT2D eigenvalue weighted by Gasteiger charge is -2.15. The number of nitrogens with zero attached hydrogens (tertiary/aromatic N) is 1. The highest BCUT2D eigenvalue weighted by molar-refractivity contribution is 6.31. The topological polar surface area (TPSA) is 24.9 Å². The van der Waals surface area contributed by atoms with Crippen molar-refractivity contribution in [2.24, 2.45) is 0 Å². The van der Waals surface area contributed by atoms with E-state index in [0.717, 1.165) is 18.7 Å². The van der Waals surface area contributed by atoms with Gasteiger partial charge in [0.1, 0.15) is 0 Å². The van der Waals surface area contributed by atoms with Crippen LogP contribution in [0.5, 0.6) is 0 Å². The summed E-state index contributed by atoms with van der Waals surface area (Å²) in [5, 5.41) is 4.02. The Morgan fingerprint density at radius 1 is 1.60 bits per heavy atom. The summed E-state index contributed by atoms with van der Waals surface area (Å²) in [5.41, 5.74) is 0.878. The Labute approximate surface area is 96.1 Å². The second-order valence-corrected chi connectivity index (χ2v) is 3.52. The van der Waals surface area contributed by atoms with E-state index in [1.807, 2.05) is 19.1 Å². The Bertz CT molecular complexity index is 365. The average molecular weight is 223 g/mol. The Kier molecular flexibility index (Phi) is 5.17. The maximum atomic E-state index is 6.08. The molecule has 0 fully saturated rings. The van der Waals surface area contributed by atoms with Crippen molar-refractivity contribution in [3.8, 4) is 11.8 Å². The minimum atomic E-state index is 0.121. The van der Waals surface area contributed by atoms with Crippen LogP contribution in [0.3, 0.4) is 0 Å². The number of halogens is 1. The molecule has 0 spiro atoms. The lowest BCUT2D eigenvalue weighted by atomic mass is 10.1. The number of rotatable bonds is 4. The van der Waals surface area contributed by atoms with Crippen LogP contribution in [0.15, 0.2) is 18.3 Å². The summed E-state index contributed by atoms with van der Waals surface area (Å²) in [6.45, 7) is 4.77. The highest BCUT2D eigenvalue weighted by Crippen LogP contribution is 2.22. The van der Waals surface area contributed by atoms with Gasteiger partial charge in [-0.3, -0.25) is 4.98 Å². The summed E-state index contributed by atoms with van der Waals surface area (Å²) in [6.07, 6.45) is 2.49. The van der Waals surface area contributed by atoms with Gasteiger partial charge in [-0.05, 0) is 25.6 Å². The highest BCUT2D eigenvalue weighted by atomic mass is 35.5. The molecule has 0 aromatic carbocycles. The molecule has 1 N–H and O–H groups in total. The second kappa shape index (κ2) is 6.44. The van der Waals surface area contributed by atoms with E-state index >= 15 is 0 Å². The fourth-order valence-corrected chi connectivity index (χ4v) is 1.62. The van der Waals surface area contributed by atoms with Crippen LogP contribution >= 0.6 is 11.6 Å². The first-order chi connectivity index (χ1) is 7.29. The Hall–Kier alpha value is -1.04. The van der Waals surface area contributed by atoms with Crippen LogP contribution in [0.1, 0.15) is 32.0 Å². The number of nitrogens with one attached hydrogen (secondary N) is 1. The van der Waals surface area contributed by atoms with Crippen LogP contribution in [-0.2, 0) is 0 Å². The molecular weight excluding hydrogens is 208 g/mol. The predicted molar refractivity (Wildman–Crippen MR) is 63.7 cm³/mol. The molecule has 1 unspecified atom stereocenters. The third-order valence-corrected chi connectivity index (χ3v) is 2.37. The van der Waals surface area contributed by atoms with Crippen LogP contribution in [0.25, 0.3) is 0 Å². The first kappa shape index (κ1) is 12.0. The molecule has 1 atom stereocenters. The molecule has 0 saturated heterocycles. The standard InChI is InChI=1S/C12H15ClN2/c1-3-5-8-11(14-4-2)12-10(13)7-6-9-15-12/h6-7,9,11,14H,4,8H2,1-2H3. The maximum Gasteiger partial charge on any atom is 0.0768 e. The number of pyridine rings is 1. The van der Waals surface area contributed by atoms with Gasteiger partial charge in [0.25, 0.3) is 0 Å². The van der Waals surface area contributed by atoms with E-state index in [4.69, 9.17) is 11.6 Å². The van der Waals surface area contributed by atoms with Gasteiger partial charge in [-0.15, -0.1) is 11.8 Å². The zero-order chi connectivity index (χ0) is 11.1. The van der Waals surface area contributed by atoms with Crippen LogP contribution in [-0.4, -0.2) is 11.5 Å². The zero-order valence-corrected chi connectivity index (χ0v) is 9.80. The Morgan fingerprint density at radius 3 is 3.00 bits per heavy atom. The van der Waals surface area contributed by atoms with Crippen molar-refractivity contribution < 1.29 is 0 Å². The van der Waals surface area contributed by atoms with Gasteiger partial charge in [0.05, 0.1) is 16.8 Å². The van der Waals surface area contributed by atoms with E-state index < -0.39 is 0 Å². The molecule has 0 bridgehead atoms. The smallest absolute Gasteiger partial charge is 0.0768 e. The first-order valence-corrected chi connectivity index (χ1v) is 5.40. The van der Waals surface area contributed by atoms with Gasteiger partial charge in [0.15, 0.2) is 0 Å². The van der Waals surface area contributed by atoms with Gasteiger partial charge in [0, 0.05) is 12.6 Å². The van der Waals surface area contributed by atoms with E-state index in [-0.39, 0.29) is 6.04 Å². The highest BCUT2D eigenvalue weighted by Gasteiger charge is 2.13. The van der Waals surface area contributed by atoms with Crippen LogP contribution in [0, 0.1) is 11.8 Å². The lowest BCUT2D eigenvalue weighted by Crippen LogP contribution is -2.21. The van der Waals surface area contributed by atoms with Crippen LogP contribution in [0.4, 0.5) is 0 Å². The van der Waals surface area contributed by atoms with Crippen LogP contribution in [0.2, 0.25) is 5.02 Å². The summed E-state index contributed by atoms with van der Waals surface area (Å²) < 4.78 is 0. The predicted octanol–water partition coefficient (Wildman–Crippen LogP) is 2.80.